The lowest BCUT2D eigenvalue weighted by molar-refractivity contribution is -0.139. The standard InChI is InChI=1S/C26H26F3N5O3/c1-24(2,3)37-23(36)34-13-8-18(25(9-10-25)22(34)35)33-21-20-19(30-11-12-31-20)17(14-32-21)15-4-6-16(7-5-15)26(27,28)29/h4-7,11-12,14,18H,8-10,13H2,1-3H3,(H,32,33). The summed E-state index contributed by atoms with van der Waals surface area (Å²) in [5.74, 6) is 0.163. The Kier molecular flexibility index (Phi) is 5.84. The molecule has 2 aromatic heterocycles. The monoisotopic (exact) mass is 513 g/mol. The lowest BCUT2D eigenvalue weighted by Gasteiger charge is -2.38. The number of anilines is 1. The number of fused-ring (bicyclic) bond motifs is 1. The number of piperidine rings is 1. The molecule has 1 saturated carbocycles. The average Bonchev–Trinajstić information content (AvgIpc) is 3.62. The summed E-state index contributed by atoms with van der Waals surface area (Å²) in [6, 6.07) is 4.53. The lowest BCUT2D eigenvalue weighted by atomic mass is 9.88. The molecule has 1 aromatic carbocycles. The van der Waals surface area contributed by atoms with Crippen LogP contribution in [0.2, 0.25) is 0 Å². The van der Waals surface area contributed by atoms with Crippen molar-refractivity contribution in [2.24, 2.45) is 5.41 Å². The molecule has 1 N–H and O–H groups in total. The minimum absolute atomic E-state index is 0.209. The maximum atomic E-state index is 13.3. The number of aromatic nitrogens is 3. The number of alkyl halides is 3. The second-order valence-electron chi connectivity index (χ2n) is 10.4. The molecular weight excluding hydrogens is 487 g/mol. The van der Waals surface area contributed by atoms with Crippen LogP contribution in [0.4, 0.5) is 23.8 Å². The maximum absolute atomic E-state index is 13.3. The van der Waals surface area contributed by atoms with Crippen LogP contribution >= 0.6 is 0 Å². The summed E-state index contributed by atoms with van der Waals surface area (Å²) in [6.45, 7) is 5.47. The number of carbonyl (C=O) groups is 2. The van der Waals surface area contributed by atoms with E-state index in [2.05, 4.69) is 20.3 Å². The van der Waals surface area contributed by atoms with Gasteiger partial charge in [0.25, 0.3) is 0 Å². The van der Waals surface area contributed by atoms with Gasteiger partial charge in [0.1, 0.15) is 16.6 Å². The fraction of sp³-hybridized carbons (Fsp3) is 0.423. The molecule has 2 aliphatic rings. The number of hydrogen-bond donors (Lipinski definition) is 1. The minimum Gasteiger partial charge on any atom is -0.443 e. The molecule has 0 radical (unpaired) electrons. The van der Waals surface area contributed by atoms with Crippen LogP contribution in [0.3, 0.4) is 0 Å². The zero-order chi connectivity index (χ0) is 26.6. The van der Waals surface area contributed by atoms with E-state index in [1.807, 2.05) is 0 Å². The number of carbonyl (C=O) groups excluding carboxylic acids is 2. The van der Waals surface area contributed by atoms with Crippen LogP contribution in [0.1, 0.15) is 45.6 Å². The number of imide groups is 1. The molecule has 2 fully saturated rings. The van der Waals surface area contributed by atoms with Gasteiger partial charge in [-0.25, -0.2) is 19.7 Å². The fourth-order valence-electron chi connectivity index (χ4n) is 4.73. The summed E-state index contributed by atoms with van der Waals surface area (Å²) < 4.78 is 44.4. The predicted octanol–water partition coefficient (Wildman–Crippen LogP) is 5.44. The SMILES string of the molecule is CC(C)(C)OC(=O)N1CCC(Nc2ncc(-c3ccc(C(F)(F)F)cc3)c3nccnc23)C2(CC2)C1=O. The van der Waals surface area contributed by atoms with E-state index in [1.165, 1.54) is 29.4 Å². The highest BCUT2D eigenvalue weighted by molar-refractivity contribution is 5.99. The zero-order valence-corrected chi connectivity index (χ0v) is 20.6. The molecule has 37 heavy (non-hydrogen) atoms. The van der Waals surface area contributed by atoms with Gasteiger partial charge in [-0.15, -0.1) is 0 Å². The number of halogens is 3. The molecule has 3 heterocycles. The number of ether oxygens (including phenoxy) is 1. The molecule has 1 aliphatic carbocycles. The van der Waals surface area contributed by atoms with E-state index in [-0.39, 0.29) is 18.5 Å². The Hall–Kier alpha value is -3.76. The van der Waals surface area contributed by atoms with E-state index < -0.39 is 28.8 Å². The molecular formula is C26H26F3N5O3. The van der Waals surface area contributed by atoms with Crippen molar-refractivity contribution in [3.8, 4) is 11.1 Å². The van der Waals surface area contributed by atoms with Gasteiger partial charge in [-0.2, -0.15) is 13.2 Å². The number of nitrogens with one attached hydrogen (secondary N) is 1. The Morgan fingerprint density at radius 3 is 2.30 bits per heavy atom. The van der Waals surface area contributed by atoms with E-state index >= 15 is 0 Å². The van der Waals surface area contributed by atoms with Crippen molar-refractivity contribution in [3.63, 3.8) is 0 Å². The first kappa shape index (κ1) is 24.9. The molecule has 11 heteroatoms. The quantitative estimate of drug-likeness (QED) is 0.498. The molecule has 8 nitrogen and oxygen atoms in total. The van der Waals surface area contributed by atoms with E-state index in [1.54, 1.807) is 27.0 Å². The molecule has 1 unspecified atom stereocenters. The molecule has 3 aromatic rings. The van der Waals surface area contributed by atoms with Gasteiger partial charge < -0.3 is 10.1 Å². The van der Waals surface area contributed by atoms with Crippen molar-refractivity contribution in [1.29, 1.82) is 0 Å². The Morgan fingerprint density at radius 2 is 1.70 bits per heavy atom. The highest BCUT2D eigenvalue weighted by Crippen LogP contribution is 2.54. The van der Waals surface area contributed by atoms with Crippen molar-refractivity contribution in [2.45, 2.75) is 57.9 Å². The first-order chi connectivity index (χ1) is 17.4. The highest BCUT2D eigenvalue weighted by atomic mass is 19.4. The molecule has 5 rings (SSSR count). The minimum atomic E-state index is -4.43. The molecule has 2 amide bonds. The molecule has 1 saturated heterocycles. The highest BCUT2D eigenvalue weighted by Gasteiger charge is 2.60. The summed E-state index contributed by atoms with van der Waals surface area (Å²) in [5.41, 5.74) is -0.192. The number of benzene rings is 1. The van der Waals surface area contributed by atoms with E-state index in [0.717, 1.165) is 12.1 Å². The van der Waals surface area contributed by atoms with Gasteiger partial charge in [0, 0.05) is 36.7 Å². The number of hydrogen-bond acceptors (Lipinski definition) is 7. The van der Waals surface area contributed by atoms with Crippen LogP contribution in [0.15, 0.2) is 42.9 Å². The third-order valence-electron chi connectivity index (χ3n) is 6.72. The average molecular weight is 514 g/mol. The maximum Gasteiger partial charge on any atom is 0.417 e. The molecule has 1 atom stereocenters. The molecule has 1 aliphatic heterocycles. The van der Waals surface area contributed by atoms with Crippen LogP contribution in [-0.4, -0.2) is 50.0 Å². The summed E-state index contributed by atoms with van der Waals surface area (Å²) in [6.07, 6.45) is 1.26. The summed E-state index contributed by atoms with van der Waals surface area (Å²) >= 11 is 0. The Balaban J connectivity index is 1.41. The zero-order valence-electron chi connectivity index (χ0n) is 20.6. The van der Waals surface area contributed by atoms with Crippen molar-refractivity contribution in [3.05, 3.63) is 48.4 Å². The normalized spacial score (nSPS) is 19.2. The van der Waals surface area contributed by atoms with Crippen LogP contribution in [0.25, 0.3) is 22.2 Å². The number of rotatable bonds is 3. The molecule has 0 bridgehead atoms. The number of amides is 2. The third kappa shape index (κ3) is 4.70. The topological polar surface area (TPSA) is 97.3 Å². The van der Waals surface area contributed by atoms with Crippen molar-refractivity contribution >= 4 is 28.9 Å². The first-order valence-electron chi connectivity index (χ1n) is 12.0. The molecule has 1 spiro atoms. The van der Waals surface area contributed by atoms with E-state index in [9.17, 15) is 22.8 Å². The van der Waals surface area contributed by atoms with Gasteiger partial charge in [0.15, 0.2) is 5.82 Å². The van der Waals surface area contributed by atoms with Crippen LogP contribution in [-0.2, 0) is 15.7 Å². The second-order valence-corrected chi connectivity index (χ2v) is 10.4. The Labute approximate surface area is 211 Å². The van der Waals surface area contributed by atoms with Crippen molar-refractivity contribution < 1.29 is 27.5 Å². The summed E-state index contributed by atoms with van der Waals surface area (Å²) in [5, 5.41) is 3.36. The molecule has 194 valence electrons. The summed E-state index contributed by atoms with van der Waals surface area (Å²) in [4.78, 5) is 40.4. The number of pyridine rings is 1. The lowest BCUT2D eigenvalue weighted by Crippen LogP contribution is -2.55. The van der Waals surface area contributed by atoms with Gasteiger partial charge in [0.2, 0.25) is 5.91 Å². The largest absolute Gasteiger partial charge is 0.443 e. The number of likely N-dealkylation sites (tertiary alicyclic amines) is 1. The third-order valence-corrected chi connectivity index (χ3v) is 6.72. The second kappa shape index (κ2) is 8.67. The van der Waals surface area contributed by atoms with Gasteiger partial charge in [-0.1, -0.05) is 12.1 Å². The van der Waals surface area contributed by atoms with Gasteiger partial charge in [0.05, 0.1) is 11.0 Å². The van der Waals surface area contributed by atoms with Crippen molar-refractivity contribution in [1.82, 2.24) is 19.9 Å². The van der Waals surface area contributed by atoms with Crippen LogP contribution < -0.4 is 5.32 Å². The Bertz CT molecular complexity index is 1360. The van der Waals surface area contributed by atoms with Gasteiger partial charge in [-0.05, 0) is 57.7 Å². The van der Waals surface area contributed by atoms with Gasteiger partial charge in [-0.3, -0.25) is 9.78 Å². The van der Waals surface area contributed by atoms with Crippen molar-refractivity contribution in [2.75, 3.05) is 11.9 Å². The van der Waals surface area contributed by atoms with E-state index in [0.29, 0.717) is 47.2 Å². The van der Waals surface area contributed by atoms with E-state index in [4.69, 9.17) is 4.74 Å². The smallest absolute Gasteiger partial charge is 0.417 e. The number of nitrogens with zero attached hydrogens (tertiary/aromatic N) is 4. The van der Waals surface area contributed by atoms with Crippen LogP contribution in [0.5, 0.6) is 0 Å². The summed E-state index contributed by atoms with van der Waals surface area (Å²) in [7, 11) is 0. The fourth-order valence-corrected chi connectivity index (χ4v) is 4.73. The first-order valence-corrected chi connectivity index (χ1v) is 12.0. The van der Waals surface area contributed by atoms with Gasteiger partial charge >= 0.3 is 12.3 Å². The Morgan fingerprint density at radius 1 is 1.05 bits per heavy atom. The van der Waals surface area contributed by atoms with Crippen LogP contribution in [0, 0.1) is 5.41 Å². The predicted molar refractivity (Wildman–Crippen MR) is 129 cm³/mol.